The minimum Gasteiger partial charge on any atom is -0.472 e. The fourth-order valence-corrected chi connectivity index (χ4v) is 2.15. The Labute approximate surface area is 118 Å². The highest BCUT2D eigenvalue weighted by Crippen LogP contribution is 2.26. The van der Waals surface area contributed by atoms with Gasteiger partial charge in [-0.2, -0.15) is 0 Å². The first-order valence-corrected chi connectivity index (χ1v) is 6.60. The van der Waals surface area contributed by atoms with Gasteiger partial charge in [0, 0.05) is 24.3 Å². The Kier molecular flexibility index (Phi) is 3.50. The Morgan fingerprint density at radius 2 is 1.90 bits per heavy atom. The van der Waals surface area contributed by atoms with Gasteiger partial charge < -0.3 is 10.1 Å². The molecule has 0 saturated heterocycles. The predicted molar refractivity (Wildman–Crippen MR) is 82.1 cm³/mol. The molecule has 20 heavy (non-hydrogen) atoms. The standard InChI is InChI=1S/C17H16N2O/c1-18-15-7-8-16-14(11-15)9-10-19-17(16)20-12-13-5-3-2-4-6-13/h2-11,18H,12H2,1H3. The summed E-state index contributed by atoms with van der Waals surface area (Å²) in [4.78, 5) is 4.33. The van der Waals surface area contributed by atoms with Crippen molar-refractivity contribution in [3.8, 4) is 5.88 Å². The monoisotopic (exact) mass is 264 g/mol. The first kappa shape index (κ1) is 12.5. The second-order valence-corrected chi connectivity index (χ2v) is 4.58. The lowest BCUT2D eigenvalue weighted by molar-refractivity contribution is 0.298. The van der Waals surface area contributed by atoms with Gasteiger partial charge >= 0.3 is 0 Å². The zero-order chi connectivity index (χ0) is 13.8. The third-order valence-corrected chi connectivity index (χ3v) is 3.23. The molecule has 0 bridgehead atoms. The number of rotatable bonds is 4. The number of benzene rings is 2. The number of nitrogens with zero attached hydrogens (tertiary/aromatic N) is 1. The van der Waals surface area contributed by atoms with Crippen LogP contribution in [0.2, 0.25) is 0 Å². The van der Waals surface area contributed by atoms with Crippen LogP contribution in [0.5, 0.6) is 5.88 Å². The summed E-state index contributed by atoms with van der Waals surface area (Å²) in [5.41, 5.74) is 2.22. The summed E-state index contributed by atoms with van der Waals surface area (Å²) < 4.78 is 5.85. The van der Waals surface area contributed by atoms with Crippen LogP contribution < -0.4 is 10.1 Å². The molecular weight excluding hydrogens is 248 g/mol. The van der Waals surface area contributed by atoms with Crippen molar-refractivity contribution in [3.63, 3.8) is 0 Å². The molecule has 3 rings (SSSR count). The van der Waals surface area contributed by atoms with Crippen molar-refractivity contribution in [2.24, 2.45) is 0 Å². The van der Waals surface area contributed by atoms with Crippen LogP contribution in [0.3, 0.4) is 0 Å². The quantitative estimate of drug-likeness (QED) is 0.777. The summed E-state index contributed by atoms with van der Waals surface area (Å²) in [7, 11) is 1.91. The Bertz CT molecular complexity index is 711. The van der Waals surface area contributed by atoms with Gasteiger partial charge in [-0.1, -0.05) is 30.3 Å². The molecule has 0 fully saturated rings. The number of pyridine rings is 1. The van der Waals surface area contributed by atoms with Crippen LogP contribution in [0, 0.1) is 0 Å². The van der Waals surface area contributed by atoms with Crippen molar-refractivity contribution in [3.05, 3.63) is 66.4 Å². The first-order valence-electron chi connectivity index (χ1n) is 6.60. The van der Waals surface area contributed by atoms with E-state index in [4.69, 9.17) is 4.74 Å². The van der Waals surface area contributed by atoms with E-state index in [1.165, 1.54) is 0 Å². The zero-order valence-electron chi connectivity index (χ0n) is 11.3. The average Bonchev–Trinajstić information content (AvgIpc) is 2.53. The van der Waals surface area contributed by atoms with E-state index in [1.54, 1.807) is 6.20 Å². The molecule has 0 amide bonds. The molecule has 2 aromatic carbocycles. The molecule has 0 spiro atoms. The molecule has 0 aliphatic rings. The number of hydrogen-bond acceptors (Lipinski definition) is 3. The summed E-state index contributed by atoms with van der Waals surface area (Å²) in [6.07, 6.45) is 1.78. The van der Waals surface area contributed by atoms with Gasteiger partial charge in [-0.05, 0) is 35.2 Å². The Balaban J connectivity index is 1.88. The van der Waals surface area contributed by atoms with Crippen LogP contribution in [-0.2, 0) is 6.61 Å². The molecule has 1 N–H and O–H groups in total. The van der Waals surface area contributed by atoms with Crippen LogP contribution in [0.25, 0.3) is 10.8 Å². The summed E-state index contributed by atoms with van der Waals surface area (Å²) in [5, 5.41) is 5.29. The predicted octanol–water partition coefficient (Wildman–Crippen LogP) is 3.86. The molecule has 3 nitrogen and oxygen atoms in total. The van der Waals surface area contributed by atoms with Crippen molar-refractivity contribution >= 4 is 16.5 Å². The molecule has 100 valence electrons. The lowest BCUT2D eigenvalue weighted by Crippen LogP contribution is -1.98. The molecule has 1 heterocycles. The van der Waals surface area contributed by atoms with Gasteiger partial charge in [-0.15, -0.1) is 0 Å². The smallest absolute Gasteiger partial charge is 0.221 e. The average molecular weight is 264 g/mol. The molecule has 1 aromatic heterocycles. The summed E-state index contributed by atoms with van der Waals surface area (Å²) in [6.45, 7) is 0.529. The van der Waals surface area contributed by atoms with Gasteiger partial charge in [0.05, 0.1) is 0 Å². The zero-order valence-corrected chi connectivity index (χ0v) is 11.3. The van der Waals surface area contributed by atoms with Gasteiger partial charge in [0.2, 0.25) is 5.88 Å². The van der Waals surface area contributed by atoms with E-state index < -0.39 is 0 Å². The summed E-state index contributed by atoms with van der Waals surface area (Å²) in [6, 6.07) is 18.3. The maximum absolute atomic E-state index is 5.85. The van der Waals surface area contributed by atoms with E-state index in [-0.39, 0.29) is 0 Å². The van der Waals surface area contributed by atoms with Gasteiger partial charge in [-0.25, -0.2) is 4.98 Å². The largest absolute Gasteiger partial charge is 0.472 e. The van der Waals surface area contributed by atoms with Gasteiger partial charge in [0.15, 0.2) is 0 Å². The fourth-order valence-electron chi connectivity index (χ4n) is 2.15. The molecule has 3 heteroatoms. The third kappa shape index (κ3) is 2.57. The Morgan fingerprint density at radius 1 is 1.05 bits per heavy atom. The Morgan fingerprint density at radius 3 is 2.70 bits per heavy atom. The topological polar surface area (TPSA) is 34.1 Å². The van der Waals surface area contributed by atoms with Gasteiger partial charge in [0.1, 0.15) is 6.61 Å². The van der Waals surface area contributed by atoms with Crippen molar-refractivity contribution in [2.75, 3.05) is 12.4 Å². The fraction of sp³-hybridized carbons (Fsp3) is 0.118. The Hall–Kier alpha value is -2.55. The third-order valence-electron chi connectivity index (χ3n) is 3.23. The molecule has 3 aromatic rings. The number of hydrogen-bond donors (Lipinski definition) is 1. The van der Waals surface area contributed by atoms with Crippen LogP contribution in [0.1, 0.15) is 5.56 Å². The number of fused-ring (bicyclic) bond motifs is 1. The lowest BCUT2D eigenvalue weighted by Gasteiger charge is -2.09. The number of ether oxygens (including phenoxy) is 1. The molecule has 0 aliphatic carbocycles. The van der Waals surface area contributed by atoms with Crippen molar-refractivity contribution < 1.29 is 4.74 Å². The highest BCUT2D eigenvalue weighted by Gasteiger charge is 2.04. The van der Waals surface area contributed by atoms with Gasteiger partial charge in [0.25, 0.3) is 0 Å². The molecule has 0 radical (unpaired) electrons. The summed E-state index contributed by atoms with van der Waals surface area (Å²) >= 11 is 0. The highest BCUT2D eigenvalue weighted by molar-refractivity contribution is 5.89. The molecule has 0 atom stereocenters. The first-order chi connectivity index (χ1) is 9.86. The maximum Gasteiger partial charge on any atom is 0.221 e. The van der Waals surface area contributed by atoms with E-state index in [9.17, 15) is 0 Å². The minimum atomic E-state index is 0.529. The maximum atomic E-state index is 5.85. The van der Waals surface area contributed by atoms with E-state index in [1.807, 2.05) is 55.6 Å². The number of anilines is 1. The highest BCUT2D eigenvalue weighted by atomic mass is 16.5. The van der Waals surface area contributed by atoms with E-state index in [0.29, 0.717) is 12.5 Å². The lowest BCUT2D eigenvalue weighted by atomic mass is 10.1. The molecule has 0 unspecified atom stereocenters. The van der Waals surface area contributed by atoms with E-state index in [0.717, 1.165) is 22.0 Å². The van der Waals surface area contributed by atoms with Gasteiger partial charge in [-0.3, -0.25) is 0 Å². The number of aromatic nitrogens is 1. The van der Waals surface area contributed by atoms with E-state index >= 15 is 0 Å². The van der Waals surface area contributed by atoms with Crippen molar-refractivity contribution in [1.29, 1.82) is 0 Å². The summed E-state index contributed by atoms with van der Waals surface area (Å²) in [5.74, 6) is 0.675. The van der Waals surface area contributed by atoms with Crippen LogP contribution in [0.4, 0.5) is 5.69 Å². The normalized spacial score (nSPS) is 10.4. The van der Waals surface area contributed by atoms with Crippen LogP contribution in [-0.4, -0.2) is 12.0 Å². The van der Waals surface area contributed by atoms with Crippen molar-refractivity contribution in [2.45, 2.75) is 6.61 Å². The second kappa shape index (κ2) is 5.61. The molecule has 0 saturated carbocycles. The van der Waals surface area contributed by atoms with Crippen molar-refractivity contribution in [1.82, 2.24) is 4.98 Å². The van der Waals surface area contributed by atoms with Crippen LogP contribution in [0.15, 0.2) is 60.8 Å². The SMILES string of the molecule is CNc1ccc2c(OCc3ccccc3)nccc2c1. The number of nitrogens with one attached hydrogen (secondary N) is 1. The second-order valence-electron chi connectivity index (χ2n) is 4.58. The molecule has 0 aliphatic heterocycles. The minimum absolute atomic E-state index is 0.529. The van der Waals surface area contributed by atoms with E-state index in [2.05, 4.69) is 16.4 Å². The molecular formula is C17H16N2O. The van der Waals surface area contributed by atoms with Crippen LogP contribution >= 0.6 is 0 Å².